The van der Waals surface area contributed by atoms with Crippen LogP contribution < -0.4 is 10.9 Å². The van der Waals surface area contributed by atoms with Crippen molar-refractivity contribution >= 4 is 10.9 Å². The number of hydrogen-bond acceptors (Lipinski definition) is 4. The van der Waals surface area contributed by atoms with Crippen LogP contribution in [-0.2, 0) is 11.3 Å². The van der Waals surface area contributed by atoms with Crippen molar-refractivity contribution in [2.45, 2.75) is 26.4 Å². The first kappa shape index (κ1) is 14.7. The fourth-order valence-electron chi connectivity index (χ4n) is 2.29. The van der Waals surface area contributed by atoms with E-state index in [1.54, 1.807) is 11.7 Å². The van der Waals surface area contributed by atoms with Gasteiger partial charge >= 0.3 is 0 Å². The summed E-state index contributed by atoms with van der Waals surface area (Å²) < 4.78 is 6.76. The van der Waals surface area contributed by atoms with E-state index < -0.39 is 0 Å². The first-order chi connectivity index (χ1) is 9.69. The SMILES string of the molecule is CCn1c([C@@H](C)NCCOC)nc2ccccc2c1=O. The average Bonchev–Trinajstić information content (AvgIpc) is 2.47. The number of aromatic nitrogens is 2. The number of para-hydroxylation sites is 1. The minimum Gasteiger partial charge on any atom is -0.383 e. The van der Waals surface area contributed by atoms with Gasteiger partial charge in [-0.05, 0) is 26.0 Å². The molecule has 0 bridgehead atoms. The van der Waals surface area contributed by atoms with Gasteiger partial charge in [0.15, 0.2) is 0 Å². The number of nitrogens with one attached hydrogen (secondary N) is 1. The molecule has 2 aromatic rings. The summed E-state index contributed by atoms with van der Waals surface area (Å²) in [5, 5.41) is 3.99. The van der Waals surface area contributed by atoms with Crippen molar-refractivity contribution in [2.24, 2.45) is 0 Å². The molecule has 0 aliphatic carbocycles. The second kappa shape index (κ2) is 6.63. The van der Waals surface area contributed by atoms with Gasteiger partial charge < -0.3 is 10.1 Å². The highest BCUT2D eigenvalue weighted by molar-refractivity contribution is 5.77. The predicted molar refractivity (Wildman–Crippen MR) is 80.0 cm³/mol. The highest BCUT2D eigenvalue weighted by atomic mass is 16.5. The summed E-state index contributed by atoms with van der Waals surface area (Å²) in [6.07, 6.45) is 0. The van der Waals surface area contributed by atoms with E-state index in [0.29, 0.717) is 18.5 Å². The number of nitrogens with zero attached hydrogens (tertiary/aromatic N) is 2. The Kier molecular flexibility index (Phi) is 4.87. The van der Waals surface area contributed by atoms with Gasteiger partial charge in [0.25, 0.3) is 5.56 Å². The molecule has 1 aromatic carbocycles. The third kappa shape index (κ3) is 2.89. The van der Waals surface area contributed by atoms with Crippen LogP contribution in [-0.4, -0.2) is 29.8 Å². The Morgan fingerprint density at radius 3 is 2.85 bits per heavy atom. The van der Waals surface area contributed by atoms with Crippen molar-refractivity contribution in [2.75, 3.05) is 20.3 Å². The topological polar surface area (TPSA) is 56.1 Å². The standard InChI is InChI=1S/C15H21N3O2/c1-4-18-14(11(2)16-9-10-20-3)17-13-8-6-5-7-12(13)15(18)19/h5-8,11,16H,4,9-10H2,1-3H3/t11-/m1/s1. The number of fused-ring (bicyclic) bond motifs is 1. The van der Waals surface area contributed by atoms with Crippen LogP contribution in [0.25, 0.3) is 10.9 Å². The summed E-state index contributed by atoms with van der Waals surface area (Å²) >= 11 is 0. The molecule has 0 unspecified atom stereocenters. The first-order valence-corrected chi connectivity index (χ1v) is 6.90. The van der Waals surface area contributed by atoms with Crippen LogP contribution in [0.3, 0.4) is 0 Å². The van der Waals surface area contributed by atoms with Gasteiger partial charge in [-0.1, -0.05) is 12.1 Å². The lowest BCUT2D eigenvalue weighted by Crippen LogP contribution is -2.32. The van der Waals surface area contributed by atoms with E-state index in [0.717, 1.165) is 17.9 Å². The first-order valence-electron chi connectivity index (χ1n) is 6.90. The lowest BCUT2D eigenvalue weighted by molar-refractivity contribution is 0.196. The zero-order chi connectivity index (χ0) is 14.5. The van der Waals surface area contributed by atoms with Gasteiger partial charge in [-0.15, -0.1) is 0 Å². The van der Waals surface area contributed by atoms with Crippen molar-refractivity contribution in [3.8, 4) is 0 Å². The molecular formula is C15H21N3O2. The minimum absolute atomic E-state index is 0.00223. The van der Waals surface area contributed by atoms with Gasteiger partial charge in [0.05, 0.1) is 23.6 Å². The highest BCUT2D eigenvalue weighted by Crippen LogP contribution is 2.13. The van der Waals surface area contributed by atoms with Gasteiger partial charge in [0, 0.05) is 20.2 Å². The molecule has 5 heteroatoms. The summed E-state index contributed by atoms with van der Waals surface area (Å²) in [7, 11) is 1.67. The summed E-state index contributed by atoms with van der Waals surface area (Å²) in [6.45, 7) is 5.95. The molecule has 0 aliphatic rings. The van der Waals surface area contributed by atoms with Crippen molar-refractivity contribution in [3.05, 3.63) is 40.4 Å². The quantitative estimate of drug-likeness (QED) is 0.815. The van der Waals surface area contributed by atoms with Crippen LogP contribution in [0.15, 0.2) is 29.1 Å². The van der Waals surface area contributed by atoms with Gasteiger partial charge in [0.2, 0.25) is 0 Å². The lowest BCUT2D eigenvalue weighted by atomic mass is 10.2. The summed E-state index contributed by atoms with van der Waals surface area (Å²) in [6, 6.07) is 7.47. The number of ether oxygens (including phenoxy) is 1. The van der Waals surface area contributed by atoms with E-state index in [1.165, 1.54) is 0 Å². The number of rotatable bonds is 6. The molecule has 0 aliphatic heterocycles. The molecule has 1 aromatic heterocycles. The van der Waals surface area contributed by atoms with Crippen molar-refractivity contribution in [1.29, 1.82) is 0 Å². The molecule has 1 atom stereocenters. The van der Waals surface area contributed by atoms with Gasteiger partial charge in [-0.2, -0.15) is 0 Å². The largest absolute Gasteiger partial charge is 0.383 e. The summed E-state index contributed by atoms with van der Waals surface area (Å²) in [5.41, 5.74) is 0.770. The Balaban J connectivity index is 2.43. The van der Waals surface area contributed by atoms with E-state index in [1.807, 2.05) is 38.1 Å². The molecule has 108 valence electrons. The predicted octanol–water partition coefficient (Wildman–Crippen LogP) is 1.71. The zero-order valence-corrected chi connectivity index (χ0v) is 12.2. The molecule has 0 radical (unpaired) electrons. The maximum atomic E-state index is 12.5. The molecule has 0 spiro atoms. The van der Waals surface area contributed by atoms with Crippen LogP contribution >= 0.6 is 0 Å². The summed E-state index contributed by atoms with van der Waals surface area (Å²) in [5.74, 6) is 0.771. The van der Waals surface area contributed by atoms with E-state index in [9.17, 15) is 4.79 Å². The molecule has 0 saturated heterocycles. The molecule has 20 heavy (non-hydrogen) atoms. The van der Waals surface area contributed by atoms with E-state index in [2.05, 4.69) is 10.3 Å². The number of hydrogen-bond donors (Lipinski definition) is 1. The summed E-state index contributed by atoms with van der Waals surface area (Å²) in [4.78, 5) is 17.1. The smallest absolute Gasteiger partial charge is 0.261 e. The van der Waals surface area contributed by atoms with E-state index >= 15 is 0 Å². The Labute approximate surface area is 118 Å². The Bertz CT molecular complexity index is 637. The molecule has 1 N–H and O–H groups in total. The molecule has 0 amide bonds. The zero-order valence-electron chi connectivity index (χ0n) is 12.2. The third-order valence-electron chi connectivity index (χ3n) is 3.35. The average molecular weight is 275 g/mol. The second-order valence-electron chi connectivity index (χ2n) is 4.71. The van der Waals surface area contributed by atoms with Crippen molar-refractivity contribution in [1.82, 2.24) is 14.9 Å². The molecular weight excluding hydrogens is 254 g/mol. The lowest BCUT2D eigenvalue weighted by Gasteiger charge is -2.18. The maximum absolute atomic E-state index is 12.5. The number of methoxy groups -OCH3 is 1. The second-order valence-corrected chi connectivity index (χ2v) is 4.71. The fourth-order valence-corrected chi connectivity index (χ4v) is 2.29. The third-order valence-corrected chi connectivity index (χ3v) is 3.35. The monoisotopic (exact) mass is 275 g/mol. The van der Waals surface area contributed by atoms with Gasteiger partial charge in [0.1, 0.15) is 5.82 Å². The Morgan fingerprint density at radius 2 is 2.15 bits per heavy atom. The normalized spacial score (nSPS) is 12.8. The van der Waals surface area contributed by atoms with Crippen LogP contribution in [0, 0.1) is 0 Å². The minimum atomic E-state index is 0.00223. The molecule has 0 saturated carbocycles. The molecule has 1 heterocycles. The fraction of sp³-hybridized carbons (Fsp3) is 0.467. The van der Waals surface area contributed by atoms with Gasteiger partial charge in [-0.25, -0.2) is 4.98 Å². The number of benzene rings is 1. The maximum Gasteiger partial charge on any atom is 0.261 e. The highest BCUT2D eigenvalue weighted by Gasteiger charge is 2.14. The van der Waals surface area contributed by atoms with E-state index in [4.69, 9.17) is 4.74 Å². The van der Waals surface area contributed by atoms with Crippen LogP contribution in [0.4, 0.5) is 0 Å². The van der Waals surface area contributed by atoms with Crippen molar-refractivity contribution in [3.63, 3.8) is 0 Å². The van der Waals surface area contributed by atoms with Crippen LogP contribution in [0.5, 0.6) is 0 Å². The molecule has 5 nitrogen and oxygen atoms in total. The van der Waals surface area contributed by atoms with Gasteiger partial charge in [-0.3, -0.25) is 9.36 Å². The van der Waals surface area contributed by atoms with Crippen LogP contribution in [0.2, 0.25) is 0 Å². The molecule has 0 fully saturated rings. The van der Waals surface area contributed by atoms with Crippen molar-refractivity contribution < 1.29 is 4.74 Å². The van der Waals surface area contributed by atoms with Crippen LogP contribution in [0.1, 0.15) is 25.7 Å². The van der Waals surface area contributed by atoms with E-state index in [-0.39, 0.29) is 11.6 Å². The Hall–Kier alpha value is -1.72. The molecule has 2 rings (SSSR count). The Morgan fingerprint density at radius 1 is 1.40 bits per heavy atom.